The molecular formula is C21H21NO2. The lowest BCUT2D eigenvalue weighted by molar-refractivity contribution is 0.306. The molecule has 24 heavy (non-hydrogen) atoms. The van der Waals surface area contributed by atoms with E-state index in [4.69, 9.17) is 15.2 Å². The maximum Gasteiger partial charge on any atom is 0.142 e. The van der Waals surface area contributed by atoms with E-state index in [1.165, 1.54) is 0 Å². The van der Waals surface area contributed by atoms with Crippen LogP contribution in [-0.4, -0.2) is 7.11 Å². The van der Waals surface area contributed by atoms with Crippen molar-refractivity contribution < 1.29 is 9.47 Å². The van der Waals surface area contributed by atoms with Gasteiger partial charge in [-0.1, -0.05) is 42.5 Å². The second kappa shape index (κ2) is 7.09. The molecule has 0 aliphatic carbocycles. The van der Waals surface area contributed by atoms with Gasteiger partial charge in [0.25, 0.3) is 0 Å². The van der Waals surface area contributed by atoms with Crippen LogP contribution in [0.3, 0.4) is 0 Å². The topological polar surface area (TPSA) is 44.5 Å². The molecule has 3 aromatic rings. The summed E-state index contributed by atoms with van der Waals surface area (Å²) in [5, 5.41) is 0. The Morgan fingerprint density at radius 2 is 1.71 bits per heavy atom. The quantitative estimate of drug-likeness (QED) is 0.685. The number of aryl methyl sites for hydroxylation is 1. The molecule has 0 heterocycles. The number of ether oxygens (including phenoxy) is 2. The van der Waals surface area contributed by atoms with E-state index in [2.05, 4.69) is 18.2 Å². The minimum Gasteiger partial charge on any atom is -0.495 e. The maximum absolute atomic E-state index is 5.97. The summed E-state index contributed by atoms with van der Waals surface area (Å²) >= 11 is 0. The zero-order valence-corrected chi connectivity index (χ0v) is 14.0. The van der Waals surface area contributed by atoms with E-state index in [-0.39, 0.29) is 0 Å². The molecule has 0 spiro atoms. The van der Waals surface area contributed by atoms with Crippen LogP contribution in [0.1, 0.15) is 11.1 Å². The van der Waals surface area contributed by atoms with E-state index in [9.17, 15) is 0 Å². The van der Waals surface area contributed by atoms with Gasteiger partial charge in [-0.15, -0.1) is 0 Å². The predicted octanol–water partition coefficient (Wildman–Crippen LogP) is 4.83. The zero-order valence-electron chi connectivity index (χ0n) is 14.0. The first-order valence-electron chi connectivity index (χ1n) is 7.88. The number of hydrogen-bond donors (Lipinski definition) is 1. The third-order valence-corrected chi connectivity index (χ3v) is 3.97. The molecule has 2 N–H and O–H groups in total. The number of nitrogen functional groups attached to an aromatic ring is 1. The van der Waals surface area contributed by atoms with Gasteiger partial charge in [-0.05, 0) is 53.4 Å². The summed E-state index contributed by atoms with van der Waals surface area (Å²) in [6.07, 6.45) is 0. The van der Waals surface area contributed by atoms with Gasteiger partial charge in [0, 0.05) is 0 Å². The van der Waals surface area contributed by atoms with Crippen molar-refractivity contribution >= 4 is 5.69 Å². The van der Waals surface area contributed by atoms with E-state index in [1.807, 2.05) is 55.5 Å². The first kappa shape index (κ1) is 15.9. The summed E-state index contributed by atoms with van der Waals surface area (Å²) < 4.78 is 11.3. The second-order valence-electron chi connectivity index (χ2n) is 5.71. The van der Waals surface area contributed by atoms with Crippen LogP contribution >= 0.6 is 0 Å². The predicted molar refractivity (Wildman–Crippen MR) is 98.4 cm³/mol. The van der Waals surface area contributed by atoms with Crippen molar-refractivity contribution in [3.8, 4) is 22.6 Å². The van der Waals surface area contributed by atoms with Crippen LogP contribution < -0.4 is 15.2 Å². The van der Waals surface area contributed by atoms with Crippen LogP contribution in [0.15, 0.2) is 66.7 Å². The maximum atomic E-state index is 5.97. The van der Waals surface area contributed by atoms with Gasteiger partial charge >= 0.3 is 0 Å². The Morgan fingerprint density at radius 3 is 2.46 bits per heavy atom. The van der Waals surface area contributed by atoms with Gasteiger partial charge in [0.1, 0.15) is 18.1 Å². The number of nitrogens with two attached hydrogens (primary N) is 1. The molecule has 0 saturated carbocycles. The normalized spacial score (nSPS) is 10.4. The number of benzene rings is 3. The molecule has 0 amide bonds. The van der Waals surface area contributed by atoms with Crippen molar-refractivity contribution in [3.63, 3.8) is 0 Å². The molecule has 0 saturated heterocycles. The first-order valence-corrected chi connectivity index (χ1v) is 7.88. The van der Waals surface area contributed by atoms with Crippen LogP contribution in [0.25, 0.3) is 11.1 Å². The van der Waals surface area contributed by atoms with Crippen LogP contribution in [0.5, 0.6) is 11.5 Å². The third kappa shape index (κ3) is 3.51. The first-order chi connectivity index (χ1) is 11.7. The van der Waals surface area contributed by atoms with E-state index in [1.54, 1.807) is 7.11 Å². The highest BCUT2D eigenvalue weighted by Gasteiger charge is 2.08. The average molecular weight is 319 g/mol. The average Bonchev–Trinajstić information content (AvgIpc) is 2.61. The fraction of sp³-hybridized carbons (Fsp3) is 0.143. The largest absolute Gasteiger partial charge is 0.495 e. The molecule has 0 unspecified atom stereocenters. The molecule has 122 valence electrons. The number of hydrogen-bond acceptors (Lipinski definition) is 3. The van der Waals surface area contributed by atoms with Gasteiger partial charge in [0.2, 0.25) is 0 Å². The van der Waals surface area contributed by atoms with Gasteiger partial charge in [0.15, 0.2) is 0 Å². The highest BCUT2D eigenvalue weighted by Crippen LogP contribution is 2.33. The second-order valence-corrected chi connectivity index (χ2v) is 5.71. The minimum atomic E-state index is 0.550. The van der Waals surface area contributed by atoms with Crippen molar-refractivity contribution in [3.05, 3.63) is 77.9 Å². The molecule has 0 radical (unpaired) electrons. The SMILES string of the molecule is COc1cc(-c2cccc(OCc3ccccc3)c2)c(C)cc1N. The molecule has 0 atom stereocenters. The van der Waals surface area contributed by atoms with Gasteiger partial charge in [-0.25, -0.2) is 0 Å². The van der Waals surface area contributed by atoms with Gasteiger partial charge in [-0.2, -0.15) is 0 Å². The van der Waals surface area contributed by atoms with Gasteiger partial charge in [-0.3, -0.25) is 0 Å². The van der Waals surface area contributed by atoms with Crippen molar-refractivity contribution in [2.24, 2.45) is 0 Å². The lowest BCUT2D eigenvalue weighted by Gasteiger charge is -2.13. The molecule has 3 nitrogen and oxygen atoms in total. The Labute approximate surface area is 142 Å². The molecule has 3 heteroatoms. The Bertz CT molecular complexity index is 828. The zero-order chi connectivity index (χ0) is 16.9. The van der Waals surface area contributed by atoms with Crippen molar-refractivity contribution in [2.45, 2.75) is 13.5 Å². The van der Waals surface area contributed by atoms with Crippen molar-refractivity contribution in [2.75, 3.05) is 12.8 Å². The van der Waals surface area contributed by atoms with Crippen LogP contribution in [0.2, 0.25) is 0 Å². The number of rotatable bonds is 5. The molecule has 3 rings (SSSR count). The van der Waals surface area contributed by atoms with Gasteiger partial charge in [0.05, 0.1) is 12.8 Å². The molecular weight excluding hydrogens is 298 g/mol. The van der Waals surface area contributed by atoms with Crippen LogP contribution in [0, 0.1) is 6.92 Å². The molecule has 0 aliphatic rings. The smallest absolute Gasteiger partial charge is 0.142 e. The van der Waals surface area contributed by atoms with Gasteiger partial charge < -0.3 is 15.2 Å². The van der Waals surface area contributed by atoms with Crippen LogP contribution in [-0.2, 0) is 6.61 Å². The Kier molecular flexibility index (Phi) is 4.71. The Hall–Kier alpha value is -2.94. The minimum absolute atomic E-state index is 0.550. The summed E-state index contributed by atoms with van der Waals surface area (Å²) in [6.45, 7) is 2.59. The number of anilines is 1. The summed E-state index contributed by atoms with van der Waals surface area (Å²) in [6, 6.07) is 22.1. The fourth-order valence-electron chi connectivity index (χ4n) is 2.69. The molecule has 3 aromatic carbocycles. The number of methoxy groups -OCH3 is 1. The summed E-state index contributed by atoms with van der Waals surface area (Å²) in [7, 11) is 1.63. The van der Waals surface area contributed by atoms with E-state index < -0.39 is 0 Å². The molecule has 0 bridgehead atoms. The Morgan fingerprint density at radius 1 is 0.917 bits per heavy atom. The van der Waals surface area contributed by atoms with E-state index in [0.717, 1.165) is 28.0 Å². The fourth-order valence-corrected chi connectivity index (χ4v) is 2.69. The third-order valence-electron chi connectivity index (χ3n) is 3.97. The molecule has 0 fully saturated rings. The van der Waals surface area contributed by atoms with Crippen LogP contribution in [0.4, 0.5) is 5.69 Å². The highest BCUT2D eigenvalue weighted by molar-refractivity contribution is 5.74. The highest BCUT2D eigenvalue weighted by atomic mass is 16.5. The van der Waals surface area contributed by atoms with E-state index in [0.29, 0.717) is 18.0 Å². The standard InChI is InChI=1S/C21H21NO2/c1-15-11-20(22)21(23-2)13-19(15)17-9-6-10-18(12-17)24-14-16-7-4-3-5-8-16/h3-13H,14,22H2,1-2H3. The Balaban J connectivity index is 1.85. The van der Waals surface area contributed by atoms with E-state index >= 15 is 0 Å². The summed E-state index contributed by atoms with van der Waals surface area (Å²) in [4.78, 5) is 0. The van der Waals surface area contributed by atoms with Crippen molar-refractivity contribution in [1.29, 1.82) is 0 Å². The van der Waals surface area contributed by atoms with Crippen molar-refractivity contribution in [1.82, 2.24) is 0 Å². The monoisotopic (exact) mass is 319 g/mol. The molecule has 0 aliphatic heterocycles. The lowest BCUT2D eigenvalue weighted by Crippen LogP contribution is -1.96. The summed E-state index contributed by atoms with van der Waals surface area (Å²) in [5.74, 6) is 1.53. The lowest BCUT2D eigenvalue weighted by atomic mass is 9.99. The summed E-state index contributed by atoms with van der Waals surface area (Å²) in [5.41, 5.74) is 11.0. The molecule has 0 aromatic heterocycles.